The quantitative estimate of drug-likeness (QED) is 0.862. The number of thioether (sulfide) groups is 1. The highest BCUT2D eigenvalue weighted by molar-refractivity contribution is 9.10. The van der Waals surface area contributed by atoms with Crippen molar-refractivity contribution in [2.24, 2.45) is 0 Å². The number of halogens is 1. The summed E-state index contributed by atoms with van der Waals surface area (Å²) in [5, 5.41) is 9.91. The van der Waals surface area contributed by atoms with E-state index in [4.69, 9.17) is 0 Å². The highest BCUT2D eigenvalue weighted by Crippen LogP contribution is 2.42. The summed E-state index contributed by atoms with van der Waals surface area (Å²) in [4.78, 5) is 10.1. The summed E-state index contributed by atoms with van der Waals surface area (Å²) in [6.07, 6.45) is 1.49. The van der Waals surface area contributed by atoms with Gasteiger partial charge in [0.05, 0.1) is 0 Å². The van der Waals surface area contributed by atoms with Crippen LogP contribution in [0.4, 0.5) is 0 Å². The maximum absolute atomic E-state index is 11.2. The molecule has 1 N–H and O–H groups in total. The van der Waals surface area contributed by atoms with Crippen LogP contribution in [-0.2, 0) is 4.79 Å². The molecule has 1 heterocycles. The standard InChI is InChI=1S/C11H9BrO2S/c1-11(14)9(6-10(13)15-11)7-2-4-8(12)5-3-7/h2-6,14H,1H3. The van der Waals surface area contributed by atoms with Crippen LogP contribution in [0.5, 0.6) is 0 Å². The van der Waals surface area contributed by atoms with Crippen LogP contribution in [0.2, 0.25) is 0 Å². The van der Waals surface area contributed by atoms with Gasteiger partial charge < -0.3 is 5.11 Å². The van der Waals surface area contributed by atoms with E-state index in [0.717, 1.165) is 21.8 Å². The molecule has 78 valence electrons. The van der Waals surface area contributed by atoms with Crippen molar-refractivity contribution < 1.29 is 9.90 Å². The lowest BCUT2D eigenvalue weighted by atomic mass is 10.0. The highest BCUT2D eigenvalue weighted by atomic mass is 79.9. The van der Waals surface area contributed by atoms with Crippen molar-refractivity contribution in [2.75, 3.05) is 0 Å². The van der Waals surface area contributed by atoms with Crippen LogP contribution in [-0.4, -0.2) is 15.2 Å². The summed E-state index contributed by atoms with van der Waals surface area (Å²) in [6, 6.07) is 7.53. The minimum absolute atomic E-state index is 0.0991. The van der Waals surface area contributed by atoms with Crippen LogP contribution in [0.1, 0.15) is 12.5 Å². The maximum Gasteiger partial charge on any atom is 0.215 e. The molecular weight excluding hydrogens is 276 g/mol. The zero-order valence-corrected chi connectivity index (χ0v) is 10.4. The Labute approximate surface area is 101 Å². The molecule has 1 unspecified atom stereocenters. The molecule has 0 spiro atoms. The minimum Gasteiger partial charge on any atom is -0.375 e. The molecule has 0 radical (unpaired) electrons. The van der Waals surface area contributed by atoms with Gasteiger partial charge in [0.1, 0.15) is 4.93 Å². The molecule has 2 rings (SSSR count). The summed E-state index contributed by atoms with van der Waals surface area (Å²) in [5.41, 5.74) is 1.55. The van der Waals surface area contributed by atoms with E-state index >= 15 is 0 Å². The molecule has 1 atom stereocenters. The molecule has 1 aliphatic heterocycles. The lowest BCUT2D eigenvalue weighted by Gasteiger charge is -2.19. The fourth-order valence-corrected chi connectivity index (χ4v) is 2.63. The Kier molecular flexibility index (Phi) is 2.75. The molecule has 1 aliphatic rings. The zero-order chi connectivity index (χ0) is 11.1. The lowest BCUT2D eigenvalue weighted by molar-refractivity contribution is -0.106. The number of carbonyl (C=O) groups is 1. The number of hydrogen-bond acceptors (Lipinski definition) is 3. The van der Waals surface area contributed by atoms with Crippen LogP contribution in [0.25, 0.3) is 5.57 Å². The van der Waals surface area contributed by atoms with Crippen molar-refractivity contribution in [1.82, 2.24) is 0 Å². The average Bonchev–Trinajstić information content (AvgIpc) is 2.41. The Morgan fingerprint density at radius 1 is 1.33 bits per heavy atom. The van der Waals surface area contributed by atoms with E-state index in [1.165, 1.54) is 6.08 Å². The van der Waals surface area contributed by atoms with Gasteiger partial charge in [-0.1, -0.05) is 28.1 Å². The van der Waals surface area contributed by atoms with Gasteiger partial charge in [-0.3, -0.25) is 4.79 Å². The summed E-state index contributed by atoms with van der Waals surface area (Å²) in [5.74, 6) is 0. The van der Waals surface area contributed by atoms with E-state index in [0.29, 0.717) is 5.57 Å². The molecule has 0 bridgehead atoms. The van der Waals surface area contributed by atoms with Gasteiger partial charge in [0, 0.05) is 10.0 Å². The predicted octanol–water partition coefficient (Wildman–Crippen LogP) is 2.81. The Morgan fingerprint density at radius 3 is 2.40 bits per heavy atom. The zero-order valence-electron chi connectivity index (χ0n) is 8.03. The van der Waals surface area contributed by atoms with Crippen LogP contribution >= 0.6 is 27.7 Å². The van der Waals surface area contributed by atoms with Gasteiger partial charge in [-0.15, -0.1) is 0 Å². The molecule has 0 fully saturated rings. The van der Waals surface area contributed by atoms with E-state index in [-0.39, 0.29) is 5.12 Å². The largest absolute Gasteiger partial charge is 0.375 e. The van der Waals surface area contributed by atoms with E-state index < -0.39 is 4.93 Å². The van der Waals surface area contributed by atoms with Crippen LogP contribution in [0, 0.1) is 0 Å². The number of benzene rings is 1. The second kappa shape index (κ2) is 3.77. The Bertz CT molecular complexity index is 434. The third-order valence-electron chi connectivity index (χ3n) is 2.22. The second-order valence-corrected chi connectivity index (χ2v) is 5.79. The van der Waals surface area contributed by atoms with Crippen molar-refractivity contribution in [3.05, 3.63) is 40.4 Å². The van der Waals surface area contributed by atoms with E-state index in [2.05, 4.69) is 15.9 Å². The molecule has 0 aliphatic carbocycles. The van der Waals surface area contributed by atoms with Crippen molar-refractivity contribution in [3.8, 4) is 0 Å². The molecule has 0 amide bonds. The fraction of sp³-hybridized carbons (Fsp3) is 0.182. The second-order valence-electron chi connectivity index (χ2n) is 3.47. The summed E-state index contributed by atoms with van der Waals surface area (Å²) in [6.45, 7) is 1.64. The van der Waals surface area contributed by atoms with Crippen molar-refractivity contribution in [3.63, 3.8) is 0 Å². The highest BCUT2D eigenvalue weighted by Gasteiger charge is 2.36. The molecule has 15 heavy (non-hydrogen) atoms. The first kappa shape index (κ1) is 10.9. The van der Waals surface area contributed by atoms with E-state index in [9.17, 15) is 9.90 Å². The first-order valence-electron chi connectivity index (χ1n) is 4.42. The van der Waals surface area contributed by atoms with Gasteiger partial charge in [-0.05, 0) is 42.5 Å². The van der Waals surface area contributed by atoms with Crippen LogP contribution < -0.4 is 0 Å². The molecule has 0 saturated carbocycles. The Hall–Kier alpha value is -0.580. The first-order valence-corrected chi connectivity index (χ1v) is 6.03. The number of rotatable bonds is 1. The fourth-order valence-electron chi connectivity index (χ4n) is 1.51. The van der Waals surface area contributed by atoms with Gasteiger partial charge in [-0.25, -0.2) is 0 Å². The van der Waals surface area contributed by atoms with Crippen molar-refractivity contribution >= 4 is 38.4 Å². The van der Waals surface area contributed by atoms with Crippen molar-refractivity contribution in [2.45, 2.75) is 11.9 Å². The normalized spacial score (nSPS) is 25.5. The SMILES string of the molecule is CC1(O)SC(=O)C=C1c1ccc(Br)cc1. The smallest absolute Gasteiger partial charge is 0.215 e. The average molecular weight is 285 g/mol. The minimum atomic E-state index is -1.11. The molecule has 2 nitrogen and oxygen atoms in total. The number of hydrogen-bond donors (Lipinski definition) is 1. The summed E-state index contributed by atoms with van der Waals surface area (Å²) >= 11 is 4.28. The molecular formula is C11H9BrO2S. The molecule has 0 saturated heterocycles. The predicted molar refractivity (Wildman–Crippen MR) is 65.3 cm³/mol. The molecule has 1 aromatic rings. The Balaban J connectivity index is 2.43. The lowest BCUT2D eigenvalue weighted by Crippen LogP contribution is -2.17. The summed E-state index contributed by atoms with van der Waals surface area (Å²) < 4.78 is 0.975. The summed E-state index contributed by atoms with van der Waals surface area (Å²) in [7, 11) is 0. The van der Waals surface area contributed by atoms with Crippen molar-refractivity contribution in [1.29, 1.82) is 0 Å². The maximum atomic E-state index is 11.2. The van der Waals surface area contributed by atoms with Gasteiger partial charge in [-0.2, -0.15) is 0 Å². The van der Waals surface area contributed by atoms with Crippen LogP contribution in [0.3, 0.4) is 0 Å². The number of carbonyl (C=O) groups excluding carboxylic acids is 1. The first-order chi connectivity index (χ1) is 6.99. The molecule has 1 aromatic carbocycles. The van der Waals surface area contributed by atoms with Gasteiger partial charge in [0.25, 0.3) is 0 Å². The third kappa shape index (κ3) is 2.17. The third-order valence-corrected chi connectivity index (χ3v) is 3.68. The van der Waals surface area contributed by atoms with Gasteiger partial charge >= 0.3 is 0 Å². The van der Waals surface area contributed by atoms with Crippen LogP contribution in [0.15, 0.2) is 34.8 Å². The van der Waals surface area contributed by atoms with Gasteiger partial charge in [0.2, 0.25) is 5.12 Å². The van der Waals surface area contributed by atoms with E-state index in [1.807, 2.05) is 24.3 Å². The van der Waals surface area contributed by atoms with Gasteiger partial charge in [0.15, 0.2) is 0 Å². The topological polar surface area (TPSA) is 37.3 Å². The number of aliphatic hydroxyl groups is 1. The molecule has 4 heteroatoms. The Morgan fingerprint density at radius 2 is 1.93 bits per heavy atom. The van der Waals surface area contributed by atoms with E-state index in [1.54, 1.807) is 6.92 Å². The monoisotopic (exact) mass is 284 g/mol. The molecule has 0 aromatic heterocycles.